The highest BCUT2D eigenvalue weighted by Gasteiger charge is 2.19. The highest BCUT2D eigenvalue weighted by atomic mass is 16.3. The highest BCUT2D eigenvalue weighted by Crippen LogP contribution is 2.16. The van der Waals surface area contributed by atoms with Gasteiger partial charge in [0.1, 0.15) is 5.76 Å². The molecule has 0 aliphatic heterocycles. The van der Waals surface area contributed by atoms with Crippen LogP contribution in [-0.4, -0.2) is 23.9 Å². The number of furan rings is 1. The van der Waals surface area contributed by atoms with Gasteiger partial charge in [-0.1, -0.05) is 13.8 Å². The predicted molar refractivity (Wildman–Crippen MR) is 76.4 cm³/mol. The van der Waals surface area contributed by atoms with E-state index in [2.05, 4.69) is 13.8 Å². The fourth-order valence-corrected chi connectivity index (χ4v) is 2.27. The Morgan fingerprint density at radius 2 is 2.21 bits per heavy atom. The molecular formula is C15H26N2O2. The van der Waals surface area contributed by atoms with E-state index in [0.29, 0.717) is 32.0 Å². The Morgan fingerprint density at radius 3 is 2.68 bits per heavy atom. The number of nitrogens with zero attached hydrogens (tertiary/aromatic N) is 1. The summed E-state index contributed by atoms with van der Waals surface area (Å²) in [7, 11) is 0. The van der Waals surface area contributed by atoms with Crippen LogP contribution in [0, 0.1) is 11.8 Å². The van der Waals surface area contributed by atoms with Crippen molar-refractivity contribution >= 4 is 5.91 Å². The summed E-state index contributed by atoms with van der Waals surface area (Å²) in [4.78, 5) is 14.1. The number of rotatable bonds is 8. The summed E-state index contributed by atoms with van der Waals surface area (Å²) in [5.41, 5.74) is 5.76. The van der Waals surface area contributed by atoms with E-state index in [1.54, 1.807) is 6.26 Å². The van der Waals surface area contributed by atoms with Gasteiger partial charge in [0.15, 0.2) is 0 Å². The fourth-order valence-electron chi connectivity index (χ4n) is 2.27. The van der Waals surface area contributed by atoms with Gasteiger partial charge in [0.25, 0.3) is 0 Å². The Hall–Kier alpha value is -1.29. The van der Waals surface area contributed by atoms with E-state index in [0.717, 1.165) is 12.2 Å². The van der Waals surface area contributed by atoms with Crippen molar-refractivity contribution in [1.82, 2.24) is 4.90 Å². The molecule has 1 unspecified atom stereocenters. The summed E-state index contributed by atoms with van der Waals surface area (Å²) in [6.07, 6.45) is 3.17. The average molecular weight is 266 g/mol. The molecule has 0 saturated heterocycles. The van der Waals surface area contributed by atoms with Gasteiger partial charge < -0.3 is 15.1 Å². The quantitative estimate of drug-likeness (QED) is 0.787. The molecule has 2 N–H and O–H groups in total. The number of carbonyl (C=O) groups excluding carboxylic acids is 1. The van der Waals surface area contributed by atoms with Crippen LogP contribution in [0.4, 0.5) is 0 Å². The minimum Gasteiger partial charge on any atom is -0.467 e. The summed E-state index contributed by atoms with van der Waals surface area (Å²) in [6.45, 7) is 8.11. The van der Waals surface area contributed by atoms with Crippen LogP contribution in [-0.2, 0) is 11.3 Å². The van der Waals surface area contributed by atoms with Crippen molar-refractivity contribution in [1.29, 1.82) is 0 Å². The first-order valence-electron chi connectivity index (χ1n) is 7.07. The maximum Gasteiger partial charge on any atom is 0.223 e. The van der Waals surface area contributed by atoms with Crippen LogP contribution in [0.1, 0.15) is 39.4 Å². The van der Waals surface area contributed by atoms with E-state index in [1.165, 1.54) is 0 Å². The number of carbonyl (C=O) groups is 1. The molecule has 1 heterocycles. The van der Waals surface area contributed by atoms with Crippen LogP contribution >= 0.6 is 0 Å². The fraction of sp³-hybridized carbons (Fsp3) is 0.667. The Labute approximate surface area is 116 Å². The lowest BCUT2D eigenvalue weighted by Gasteiger charge is -2.23. The maximum absolute atomic E-state index is 12.3. The number of amides is 1. The lowest BCUT2D eigenvalue weighted by atomic mass is 9.94. The molecule has 19 heavy (non-hydrogen) atoms. The molecule has 1 amide bonds. The summed E-state index contributed by atoms with van der Waals surface area (Å²) < 4.78 is 5.29. The summed E-state index contributed by atoms with van der Waals surface area (Å²) >= 11 is 0. The van der Waals surface area contributed by atoms with Gasteiger partial charge >= 0.3 is 0 Å². The second-order valence-corrected chi connectivity index (χ2v) is 5.42. The largest absolute Gasteiger partial charge is 0.467 e. The normalized spacial score (nSPS) is 12.7. The predicted octanol–water partition coefficient (Wildman–Crippen LogP) is 2.64. The van der Waals surface area contributed by atoms with E-state index in [-0.39, 0.29) is 11.8 Å². The molecule has 0 fully saturated rings. The summed E-state index contributed by atoms with van der Waals surface area (Å²) in [5.74, 6) is 1.83. The minimum absolute atomic E-state index is 0.162. The molecule has 1 atom stereocenters. The Balaban J connectivity index is 2.52. The molecule has 0 aliphatic rings. The Morgan fingerprint density at radius 1 is 1.47 bits per heavy atom. The molecule has 0 bridgehead atoms. The van der Waals surface area contributed by atoms with Crippen LogP contribution in [0.2, 0.25) is 0 Å². The molecule has 108 valence electrons. The van der Waals surface area contributed by atoms with Gasteiger partial charge in [0.05, 0.1) is 12.8 Å². The summed E-state index contributed by atoms with van der Waals surface area (Å²) in [5, 5.41) is 0. The van der Waals surface area contributed by atoms with Crippen LogP contribution in [0.3, 0.4) is 0 Å². The number of hydrogen-bond acceptors (Lipinski definition) is 3. The zero-order valence-corrected chi connectivity index (χ0v) is 12.3. The second-order valence-electron chi connectivity index (χ2n) is 5.42. The molecular weight excluding hydrogens is 240 g/mol. The third-order valence-electron chi connectivity index (χ3n) is 3.26. The SMILES string of the molecule is CCN(Cc1ccco1)C(=O)CC(CN)CC(C)C. The van der Waals surface area contributed by atoms with Crippen LogP contribution < -0.4 is 5.73 Å². The van der Waals surface area contributed by atoms with Gasteiger partial charge in [0.2, 0.25) is 5.91 Å². The van der Waals surface area contributed by atoms with Crippen molar-refractivity contribution in [2.75, 3.05) is 13.1 Å². The van der Waals surface area contributed by atoms with Crippen LogP contribution in [0.5, 0.6) is 0 Å². The first-order valence-corrected chi connectivity index (χ1v) is 7.07. The Bertz CT molecular complexity index is 360. The molecule has 1 aromatic rings. The second kappa shape index (κ2) is 8.00. The smallest absolute Gasteiger partial charge is 0.223 e. The lowest BCUT2D eigenvalue weighted by molar-refractivity contribution is -0.132. The van der Waals surface area contributed by atoms with E-state index in [9.17, 15) is 4.79 Å². The molecule has 0 aliphatic carbocycles. The van der Waals surface area contributed by atoms with Crippen molar-refractivity contribution in [3.63, 3.8) is 0 Å². The van der Waals surface area contributed by atoms with Crippen molar-refractivity contribution in [2.45, 2.75) is 40.2 Å². The first kappa shape index (κ1) is 15.8. The maximum atomic E-state index is 12.3. The molecule has 0 aromatic carbocycles. The molecule has 0 saturated carbocycles. The van der Waals surface area contributed by atoms with Crippen molar-refractivity contribution < 1.29 is 9.21 Å². The standard InChI is InChI=1S/C15H26N2O2/c1-4-17(11-14-6-5-7-19-14)15(18)9-13(10-16)8-12(2)3/h5-7,12-13H,4,8-11,16H2,1-3H3. The van der Waals surface area contributed by atoms with Crippen molar-refractivity contribution in [2.24, 2.45) is 17.6 Å². The minimum atomic E-state index is 0.162. The van der Waals surface area contributed by atoms with Crippen LogP contribution in [0.15, 0.2) is 22.8 Å². The number of hydrogen-bond donors (Lipinski definition) is 1. The molecule has 1 aromatic heterocycles. The number of nitrogens with two attached hydrogens (primary N) is 1. The van der Waals surface area contributed by atoms with E-state index >= 15 is 0 Å². The van der Waals surface area contributed by atoms with Crippen molar-refractivity contribution in [3.8, 4) is 0 Å². The van der Waals surface area contributed by atoms with E-state index in [1.807, 2.05) is 24.0 Å². The van der Waals surface area contributed by atoms with E-state index < -0.39 is 0 Å². The average Bonchev–Trinajstić information content (AvgIpc) is 2.87. The molecule has 1 rings (SSSR count). The molecule has 4 nitrogen and oxygen atoms in total. The molecule has 0 spiro atoms. The zero-order chi connectivity index (χ0) is 14.3. The first-order chi connectivity index (χ1) is 9.06. The van der Waals surface area contributed by atoms with Crippen molar-refractivity contribution in [3.05, 3.63) is 24.2 Å². The Kier molecular flexibility index (Phi) is 6.64. The third-order valence-corrected chi connectivity index (χ3v) is 3.26. The summed E-state index contributed by atoms with van der Waals surface area (Å²) in [6, 6.07) is 3.74. The van der Waals surface area contributed by atoms with Gasteiger partial charge in [-0.25, -0.2) is 0 Å². The molecule has 4 heteroatoms. The lowest BCUT2D eigenvalue weighted by Crippen LogP contribution is -2.33. The van der Waals surface area contributed by atoms with Gasteiger partial charge in [-0.3, -0.25) is 4.79 Å². The van der Waals surface area contributed by atoms with Crippen LogP contribution in [0.25, 0.3) is 0 Å². The van der Waals surface area contributed by atoms with Gasteiger partial charge in [-0.15, -0.1) is 0 Å². The molecule has 0 radical (unpaired) electrons. The zero-order valence-electron chi connectivity index (χ0n) is 12.3. The van der Waals surface area contributed by atoms with Gasteiger partial charge in [-0.05, 0) is 43.9 Å². The van der Waals surface area contributed by atoms with E-state index in [4.69, 9.17) is 10.2 Å². The third kappa shape index (κ3) is 5.47. The topological polar surface area (TPSA) is 59.5 Å². The van der Waals surface area contributed by atoms with Gasteiger partial charge in [-0.2, -0.15) is 0 Å². The highest BCUT2D eigenvalue weighted by molar-refractivity contribution is 5.76. The van der Waals surface area contributed by atoms with Gasteiger partial charge in [0, 0.05) is 13.0 Å². The monoisotopic (exact) mass is 266 g/mol.